The second-order valence-electron chi connectivity index (χ2n) is 12.5. The fourth-order valence-electron chi connectivity index (χ4n) is 7.13. The van der Waals surface area contributed by atoms with Crippen molar-refractivity contribution >= 4 is 43.7 Å². The number of rotatable bonds is 5. The molecule has 10 aromatic rings. The van der Waals surface area contributed by atoms with Crippen LogP contribution in [0.5, 0.6) is 0 Å². The van der Waals surface area contributed by atoms with Crippen LogP contribution in [0.25, 0.3) is 94.7 Å². The number of nitrogens with zero attached hydrogens (tertiary/aromatic N) is 4. The standard InChI is InChI=1S/C45H28N4O/c1-4-13-29(14-5-1)32-23-25-36-35-19-10-11-21-38(35)49(39(36)28-32)45-47-43(31-17-8-3-9-18-31)46-44(48-45)33-24-26-40-37(27-33)42-34(20-12-22-41(42)50-40)30-15-6-2-7-16-30/h1-28H. The minimum atomic E-state index is 0.562. The van der Waals surface area contributed by atoms with E-state index in [1.165, 1.54) is 0 Å². The Morgan fingerprint density at radius 3 is 1.80 bits per heavy atom. The molecule has 3 heterocycles. The van der Waals surface area contributed by atoms with Gasteiger partial charge in [0.2, 0.25) is 5.95 Å². The van der Waals surface area contributed by atoms with Crippen LogP contribution < -0.4 is 0 Å². The second kappa shape index (κ2) is 11.4. The topological polar surface area (TPSA) is 56.7 Å². The molecule has 7 aromatic carbocycles. The third-order valence-corrected chi connectivity index (χ3v) is 9.47. The number of aromatic nitrogens is 4. The molecule has 0 unspecified atom stereocenters. The molecule has 234 valence electrons. The Kier molecular flexibility index (Phi) is 6.42. The van der Waals surface area contributed by atoms with Gasteiger partial charge in [-0.2, -0.15) is 9.97 Å². The number of hydrogen-bond donors (Lipinski definition) is 0. The van der Waals surface area contributed by atoms with E-state index in [4.69, 9.17) is 19.4 Å². The summed E-state index contributed by atoms with van der Waals surface area (Å²) >= 11 is 0. The lowest BCUT2D eigenvalue weighted by Crippen LogP contribution is -2.06. The molecular formula is C45H28N4O. The molecule has 50 heavy (non-hydrogen) atoms. The Morgan fingerprint density at radius 2 is 1.02 bits per heavy atom. The van der Waals surface area contributed by atoms with Crippen molar-refractivity contribution in [3.63, 3.8) is 0 Å². The van der Waals surface area contributed by atoms with Gasteiger partial charge >= 0.3 is 0 Å². The summed E-state index contributed by atoms with van der Waals surface area (Å²) in [6.07, 6.45) is 0. The molecule has 0 N–H and O–H groups in total. The zero-order chi connectivity index (χ0) is 33.0. The summed E-state index contributed by atoms with van der Waals surface area (Å²) < 4.78 is 8.54. The summed E-state index contributed by atoms with van der Waals surface area (Å²) in [5.41, 5.74) is 10.1. The van der Waals surface area contributed by atoms with Gasteiger partial charge in [-0.25, -0.2) is 4.98 Å². The van der Waals surface area contributed by atoms with Gasteiger partial charge in [-0.3, -0.25) is 4.57 Å². The third kappa shape index (κ3) is 4.60. The highest BCUT2D eigenvalue weighted by atomic mass is 16.3. The molecule has 0 saturated heterocycles. The highest BCUT2D eigenvalue weighted by molar-refractivity contribution is 6.13. The van der Waals surface area contributed by atoms with Crippen molar-refractivity contribution < 1.29 is 4.42 Å². The van der Waals surface area contributed by atoms with E-state index in [1.54, 1.807) is 0 Å². The van der Waals surface area contributed by atoms with Gasteiger partial charge in [-0.1, -0.05) is 133 Å². The molecule has 0 bridgehead atoms. The quantitative estimate of drug-likeness (QED) is 0.188. The highest BCUT2D eigenvalue weighted by Gasteiger charge is 2.20. The van der Waals surface area contributed by atoms with Crippen LogP contribution in [-0.4, -0.2) is 19.5 Å². The van der Waals surface area contributed by atoms with Crippen LogP contribution in [0.15, 0.2) is 174 Å². The maximum absolute atomic E-state index is 6.37. The van der Waals surface area contributed by atoms with Gasteiger partial charge in [-0.05, 0) is 58.7 Å². The molecule has 10 rings (SSSR count). The third-order valence-electron chi connectivity index (χ3n) is 9.47. The fraction of sp³-hybridized carbons (Fsp3) is 0. The molecule has 0 aliphatic carbocycles. The lowest BCUT2D eigenvalue weighted by molar-refractivity contribution is 0.669. The minimum absolute atomic E-state index is 0.562. The van der Waals surface area contributed by atoms with E-state index in [0.717, 1.165) is 77.1 Å². The number of para-hydroxylation sites is 1. The Labute approximate surface area is 287 Å². The maximum Gasteiger partial charge on any atom is 0.238 e. The van der Waals surface area contributed by atoms with Gasteiger partial charge in [-0.15, -0.1) is 0 Å². The van der Waals surface area contributed by atoms with Crippen molar-refractivity contribution in [1.82, 2.24) is 19.5 Å². The van der Waals surface area contributed by atoms with Gasteiger partial charge in [0.05, 0.1) is 11.0 Å². The molecule has 3 aromatic heterocycles. The van der Waals surface area contributed by atoms with Crippen LogP contribution in [0.3, 0.4) is 0 Å². The van der Waals surface area contributed by atoms with E-state index in [2.05, 4.69) is 108 Å². The van der Waals surface area contributed by atoms with E-state index in [9.17, 15) is 0 Å². The molecule has 0 spiro atoms. The first kappa shape index (κ1) is 28.2. The normalized spacial score (nSPS) is 11.6. The SMILES string of the molecule is c1ccc(-c2ccc3c4ccccc4n(-c4nc(-c5ccccc5)nc(-c5ccc6oc7cccc(-c8ccccc8)c7c6c5)n4)c3c2)cc1. The van der Waals surface area contributed by atoms with Crippen molar-refractivity contribution in [3.8, 4) is 51.0 Å². The maximum atomic E-state index is 6.37. The molecule has 5 nitrogen and oxygen atoms in total. The second-order valence-corrected chi connectivity index (χ2v) is 12.5. The van der Waals surface area contributed by atoms with Crippen LogP contribution in [-0.2, 0) is 0 Å². The predicted molar refractivity (Wildman–Crippen MR) is 203 cm³/mol. The van der Waals surface area contributed by atoms with E-state index in [0.29, 0.717) is 17.6 Å². The summed E-state index contributed by atoms with van der Waals surface area (Å²) in [6, 6.07) is 58.6. The Bertz CT molecular complexity index is 2860. The van der Waals surface area contributed by atoms with Gasteiger partial charge in [0.15, 0.2) is 11.6 Å². The first-order valence-electron chi connectivity index (χ1n) is 16.7. The van der Waals surface area contributed by atoms with Crippen LogP contribution in [0.2, 0.25) is 0 Å². The number of benzene rings is 7. The summed E-state index contributed by atoms with van der Waals surface area (Å²) in [4.78, 5) is 15.5. The fourth-order valence-corrected chi connectivity index (χ4v) is 7.13. The van der Waals surface area contributed by atoms with Crippen LogP contribution in [0.1, 0.15) is 0 Å². The van der Waals surface area contributed by atoms with Gasteiger partial charge in [0.25, 0.3) is 0 Å². The first-order chi connectivity index (χ1) is 24.8. The Morgan fingerprint density at radius 1 is 0.380 bits per heavy atom. The van der Waals surface area contributed by atoms with E-state index >= 15 is 0 Å². The number of furan rings is 1. The zero-order valence-corrected chi connectivity index (χ0v) is 26.9. The molecule has 0 radical (unpaired) electrons. The molecule has 0 aliphatic heterocycles. The molecule has 0 aliphatic rings. The summed E-state index contributed by atoms with van der Waals surface area (Å²) in [5.74, 6) is 1.76. The average Bonchev–Trinajstić information content (AvgIpc) is 3.74. The first-order valence-corrected chi connectivity index (χ1v) is 16.7. The van der Waals surface area contributed by atoms with Crippen LogP contribution in [0.4, 0.5) is 0 Å². The monoisotopic (exact) mass is 640 g/mol. The van der Waals surface area contributed by atoms with E-state index in [-0.39, 0.29) is 0 Å². The lowest BCUT2D eigenvalue weighted by atomic mass is 9.99. The number of hydrogen-bond acceptors (Lipinski definition) is 4. The van der Waals surface area contributed by atoms with Crippen molar-refractivity contribution in [2.75, 3.05) is 0 Å². The summed E-state index contributed by atoms with van der Waals surface area (Å²) in [5, 5.41) is 4.38. The molecule has 0 atom stereocenters. The van der Waals surface area contributed by atoms with Gasteiger partial charge < -0.3 is 4.42 Å². The van der Waals surface area contributed by atoms with Gasteiger partial charge in [0, 0.05) is 32.7 Å². The Hall–Kier alpha value is -6.85. The molecule has 0 amide bonds. The summed E-state index contributed by atoms with van der Waals surface area (Å²) in [6.45, 7) is 0. The molecular weight excluding hydrogens is 613 g/mol. The van der Waals surface area contributed by atoms with E-state index < -0.39 is 0 Å². The van der Waals surface area contributed by atoms with E-state index in [1.807, 2.05) is 66.7 Å². The lowest BCUT2D eigenvalue weighted by Gasteiger charge is -2.11. The molecule has 0 saturated carbocycles. The summed E-state index contributed by atoms with van der Waals surface area (Å²) in [7, 11) is 0. The molecule has 0 fully saturated rings. The Balaban J connectivity index is 1.23. The smallest absolute Gasteiger partial charge is 0.238 e. The van der Waals surface area contributed by atoms with Crippen LogP contribution in [0, 0.1) is 0 Å². The number of fused-ring (bicyclic) bond motifs is 6. The average molecular weight is 641 g/mol. The zero-order valence-electron chi connectivity index (χ0n) is 26.9. The van der Waals surface area contributed by atoms with Crippen molar-refractivity contribution in [2.24, 2.45) is 0 Å². The predicted octanol–water partition coefficient (Wildman–Crippen LogP) is 11.5. The van der Waals surface area contributed by atoms with Crippen molar-refractivity contribution in [2.45, 2.75) is 0 Å². The van der Waals surface area contributed by atoms with Crippen LogP contribution >= 0.6 is 0 Å². The minimum Gasteiger partial charge on any atom is -0.456 e. The van der Waals surface area contributed by atoms with Gasteiger partial charge in [0.1, 0.15) is 11.2 Å². The highest BCUT2D eigenvalue weighted by Crippen LogP contribution is 2.39. The molecule has 5 heteroatoms. The van der Waals surface area contributed by atoms with Crippen molar-refractivity contribution in [3.05, 3.63) is 170 Å². The van der Waals surface area contributed by atoms with Crippen molar-refractivity contribution in [1.29, 1.82) is 0 Å². The largest absolute Gasteiger partial charge is 0.456 e.